The molecule has 1 unspecified atom stereocenters. The molecule has 1 aromatic carbocycles. The van der Waals surface area contributed by atoms with Crippen LogP contribution in [0.3, 0.4) is 0 Å². The molecule has 0 radical (unpaired) electrons. The highest BCUT2D eigenvalue weighted by atomic mass is 16.5. The predicted molar refractivity (Wildman–Crippen MR) is 88.7 cm³/mol. The van der Waals surface area contributed by atoms with Gasteiger partial charge in [-0.2, -0.15) is 0 Å². The number of aliphatic hydroxyl groups excluding tert-OH is 1. The molecule has 1 aliphatic rings. The van der Waals surface area contributed by atoms with Crippen LogP contribution in [0, 0.1) is 0 Å². The summed E-state index contributed by atoms with van der Waals surface area (Å²) in [6, 6.07) is 9.75. The minimum atomic E-state index is -0.683. The summed E-state index contributed by atoms with van der Waals surface area (Å²) in [5, 5.41) is 14.3. The summed E-state index contributed by atoms with van der Waals surface area (Å²) in [4.78, 5) is 14.1. The third-order valence-electron chi connectivity index (χ3n) is 4.42. The van der Waals surface area contributed by atoms with Gasteiger partial charge in [0.25, 0.3) is 0 Å². The Hall–Kier alpha value is -1.96. The number of hydrogen-bond donors (Lipinski definition) is 1. The Balaban J connectivity index is 1.67. The van der Waals surface area contributed by atoms with Crippen LogP contribution in [0.1, 0.15) is 12.8 Å². The highest BCUT2D eigenvalue weighted by molar-refractivity contribution is 5.54. The topological polar surface area (TPSA) is 80.7 Å². The summed E-state index contributed by atoms with van der Waals surface area (Å²) in [6.45, 7) is 2.15. The Morgan fingerprint density at radius 2 is 2.04 bits per heavy atom. The van der Waals surface area contributed by atoms with E-state index in [0.29, 0.717) is 18.4 Å². The Morgan fingerprint density at radius 1 is 1.33 bits per heavy atom. The summed E-state index contributed by atoms with van der Waals surface area (Å²) in [7, 11) is 1.99. The molecule has 0 spiro atoms. The van der Waals surface area contributed by atoms with E-state index in [1.165, 1.54) is 4.57 Å². The van der Waals surface area contributed by atoms with E-state index in [-0.39, 0.29) is 6.54 Å². The number of nitrogens with zero attached hydrogens (tertiary/aromatic N) is 3. The van der Waals surface area contributed by atoms with E-state index in [4.69, 9.17) is 9.26 Å². The van der Waals surface area contributed by atoms with Crippen LogP contribution in [0.5, 0.6) is 0 Å². The first kappa shape index (κ1) is 16.9. The van der Waals surface area contributed by atoms with E-state index in [1.807, 2.05) is 37.4 Å². The monoisotopic (exact) mass is 333 g/mol. The fourth-order valence-corrected chi connectivity index (χ4v) is 3.10. The molecule has 0 saturated carbocycles. The second-order valence-corrected chi connectivity index (χ2v) is 6.19. The Labute approximate surface area is 140 Å². The minimum Gasteiger partial charge on any atom is -0.390 e. The molecule has 1 aliphatic heterocycles. The Kier molecular flexibility index (Phi) is 5.44. The van der Waals surface area contributed by atoms with Crippen molar-refractivity contribution in [1.29, 1.82) is 0 Å². The van der Waals surface area contributed by atoms with Crippen molar-refractivity contribution in [3.8, 4) is 11.4 Å². The molecule has 24 heavy (non-hydrogen) atoms. The van der Waals surface area contributed by atoms with Crippen molar-refractivity contribution in [3.05, 3.63) is 40.9 Å². The number of ether oxygens (including phenoxy) is 1. The van der Waals surface area contributed by atoms with Crippen LogP contribution in [0.15, 0.2) is 39.6 Å². The lowest BCUT2D eigenvalue weighted by Crippen LogP contribution is -2.42. The van der Waals surface area contributed by atoms with Crippen molar-refractivity contribution in [2.24, 2.45) is 0 Å². The van der Waals surface area contributed by atoms with Crippen molar-refractivity contribution < 1.29 is 14.4 Å². The van der Waals surface area contributed by atoms with Crippen molar-refractivity contribution >= 4 is 0 Å². The first-order valence-corrected chi connectivity index (χ1v) is 8.23. The molecule has 1 saturated heterocycles. The van der Waals surface area contributed by atoms with Crippen LogP contribution in [0.2, 0.25) is 0 Å². The molecule has 7 nitrogen and oxygen atoms in total. The molecule has 0 aliphatic carbocycles. The minimum absolute atomic E-state index is 0.153. The van der Waals surface area contributed by atoms with Gasteiger partial charge < -0.3 is 14.7 Å². The largest absolute Gasteiger partial charge is 0.441 e. The average molecular weight is 333 g/mol. The maximum atomic E-state index is 11.9. The van der Waals surface area contributed by atoms with Gasteiger partial charge in [0.1, 0.15) is 0 Å². The molecule has 0 bridgehead atoms. The van der Waals surface area contributed by atoms with E-state index in [9.17, 15) is 9.90 Å². The molecule has 1 N–H and O–H groups in total. The van der Waals surface area contributed by atoms with Crippen LogP contribution in [0.4, 0.5) is 0 Å². The Morgan fingerprint density at radius 3 is 2.75 bits per heavy atom. The fraction of sp³-hybridized carbons (Fsp3) is 0.529. The zero-order valence-corrected chi connectivity index (χ0v) is 13.8. The van der Waals surface area contributed by atoms with Crippen LogP contribution in [-0.4, -0.2) is 58.7 Å². The van der Waals surface area contributed by atoms with Gasteiger partial charge in [-0.25, -0.2) is 4.79 Å². The van der Waals surface area contributed by atoms with Crippen LogP contribution in [0.25, 0.3) is 11.4 Å². The Bertz CT molecular complexity index is 691. The van der Waals surface area contributed by atoms with Gasteiger partial charge >= 0.3 is 5.76 Å². The zero-order chi connectivity index (χ0) is 16.9. The average Bonchev–Trinajstić information content (AvgIpc) is 2.97. The molecule has 1 atom stereocenters. The number of rotatable bonds is 6. The summed E-state index contributed by atoms with van der Waals surface area (Å²) >= 11 is 0. The van der Waals surface area contributed by atoms with Crippen LogP contribution >= 0.6 is 0 Å². The lowest BCUT2D eigenvalue weighted by Gasteiger charge is -2.32. The number of aliphatic hydroxyl groups is 1. The van der Waals surface area contributed by atoms with Gasteiger partial charge in [0.2, 0.25) is 0 Å². The van der Waals surface area contributed by atoms with Crippen molar-refractivity contribution in [3.63, 3.8) is 0 Å². The van der Waals surface area contributed by atoms with Crippen molar-refractivity contribution in [2.75, 3.05) is 26.8 Å². The van der Waals surface area contributed by atoms with Gasteiger partial charge in [-0.05, 0) is 19.9 Å². The van der Waals surface area contributed by atoms with E-state index in [2.05, 4.69) is 10.1 Å². The first-order chi connectivity index (χ1) is 11.6. The fourth-order valence-electron chi connectivity index (χ4n) is 3.10. The summed E-state index contributed by atoms with van der Waals surface area (Å²) in [5.74, 6) is -0.116. The quantitative estimate of drug-likeness (QED) is 0.849. The molecule has 130 valence electrons. The van der Waals surface area contributed by atoms with Crippen LogP contribution < -0.4 is 5.76 Å². The van der Waals surface area contributed by atoms with Crippen molar-refractivity contribution in [1.82, 2.24) is 14.6 Å². The highest BCUT2D eigenvalue weighted by Gasteiger charge is 2.22. The van der Waals surface area contributed by atoms with E-state index < -0.39 is 11.9 Å². The normalized spacial score (nSPS) is 17.3. The smallest absolute Gasteiger partial charge is 0.390 e. The number of hydrogen-bond acceptors (Lipinski definition) is 6. The van der Waals surface area contributed by atoms with Gasteiger partial charge in [-0.1, -0.05) is 35.5 Å². The third-order valence-corrected chi connectivity index (χ3v) is 4.42. The van der Waals surface area contributed by atoms with E-state index in [0.717, 1.165) is 31.6 Å². The summed E-state index contributed by atoms with van der Waals surface area (Å²) in [5.41, 5.74) is 0.785. The van der Waals surface area contributed by atoms with Gasteiger partial charge in [0.15, 0.2) is 5.82 Å². The molecular formula is C17H23N3O4. The highest BCUT2D eigenvalue weighted by Crippen LogP contribution is 2.16. The van der Waals surface area contributed by atoms with Gasteiger partial charge in [-0.15, -0.1) is 0 Å². The molecule has 2 heterocycles. The van der Waals surface area contributed by atoms with Gasteiger partial charge in [0, 0.05) is 31.4 Å². The third kappa shape index (κ3) is 3.92. The molecule has 1 aromatic heterocycles. The lowest BCUT2D eigenvalue weighted by molar-refractivity contribution is 0.0224. The first-order valence-electron chi connectivity index (χ1n) is 8.23. The molecule has 3 rings (SSSR count). The van der Waals surface area contributed by atoms with E-state index in [1.54, 1.807) is 0 Å². The predicted octanol–water partition coefficient (Wildman–Crippen LogP) is 0.975. The number of benzene rings is 1. The van der Waals surface area contributed by atoms with Gasteiger partial charge in [-0.3, -0.25) is 9.09 Å². The maximum Gasteiger partial charge on any atom is 0.441 e. The maximum absolute atomic E-state index is 11.9. The second-order valence-electron chi connectivity index (χ2n) is 6.19. The number of aromatic nitrogens is 2. The molecule has 0 amide bonds. The molecule has 7 heteroatoms. The van der Waals surface area contributed by atoms with E-state index >= 15 is 0 Å². The second kappa shape index (κ2) is 7.74. The van der Waals surface area contributed by atoms with Gasteiger partial charge in [0.05, 0.1) is 12.6 Å². The summed E-state index contributed by atoms with van der Waals surface area (Å²) < 4.78 is 11.5. The summed E-state index contributed by atoms with van der Waals surface area (Å²) in [6.07, 6.45) is 1.25. The van der Waals surface area contributed by atoms with Crippen LogP contribution in [-0.2, 0) is 11.3 Å². The standard InChI is InChI=1S/C17H23N3O4/c1-19(14-7-9-23-10-8-14)11-15(21)12-20-16(18-24-17(20)22)13-5-3-2-4-6-13/h2-6,14-15,21H,7-12H2,1H3. The lowest BCUT2D eigenvalue weighted by atomic mass is 10.1. The zero-order valence-electron chi connectivity index (χ0n) is 13.8. The number of likely N-dealkylation sites (N-methyl/N-ethyl adjacent to an activating group) is 1. The molecule has 1 fully saturated rings. The molecule has 2 aromatic rings. The van der Waals surface area contributed by atoms with Crippen molar-refractivity contribution in [2.45, 2.75) is 31.5 Å². The SMILES string of the molecule is CN(CC(O)Cn1c(-c2ccccc2)noc1=O)C1CCOCC1. The molecular weight excluding hydrogens is 310 g/mol.